The minimum atomic E-state index is -1.01. The highest BCUT2D eigenvalue weighted by atomic mass is 16.4. The molecule has 0 aliphatic heterocycles. The van der Waals surface area contributed by atoms with E-state index in [4.69, 9.17) is 5.11 Å². The molecule has 7 nitrogen and oxygen atoms in total. The van der Waals surface area contributed by atoms with Crippen LogP contribution in [0.4, 0.5) is 5.95 Å². The number of aliphatic hydroxyl groups is 1. The number of hydrogen-bond donors (Lipinski definition) is 4. The molecule has 2 heterocycles. The first-order chi connectivity index (χ1) is 11.0. The van der Waals surface area contributed by atoms with Crippen molar-refractivity contribution >= 4 is 11.9 Å². The Labute approximate surface area is 133 Å². The van der Waals surface area contributed by atoms with Gasteiger partial charge in [-0.05, 0) is 31.4 Å². The summed E-state index contributed by atoms with van der Waals surface area (Å²) in [5, 5.41) is 22.3. The molecular formula is C16H20N4O3. The Balaban J connectivity index is 1.85. The standard InChI is InChI=1S/C16H20N4O3/c1-9-7-18-16(19-11-4-2-3-5-13(11)21)20-14(9)10-6-12(15(22)23)17-8-10/h6-8,11,13,17,21H,2-5H2,1H3,(H,22,23)(H,18,19,20). The fourth-order valence-electron chi connectivity index (χ4n) is 2.90. The number of aryl methyl sites for hydroxylation is 1. The van der Waals surface area contributed by atoms with E-state index in [-0.39, 0.29) is 17.8 Å². The third-order valence-corrected chi connectivity index (χ3v) is 4.20. The Kier molecular flexibility index (Phi) is 4.29. The molecule has 0 bridgehead atoms. The lowest BCUT2D eigenvalue weighted by Gasteiger charge is -2.28. The van der Waals surface area contributed by atoms with Crippen molar-refractivity contribution in [3.05, 3.63) is 29.7 Å². The predicted octanol–water partition coefficient (Wildman–Crippen LogP) is 2.19. The van der Waals surface area contributed by atoms with Crippen LogP contribution >= 0.6 is 0 Å². The number of nitrogens with one attached hydrogen (secondary N) is 2. The topological polar surface area (TPSA) is 111 Å². The average molecular weight is 316 g/mol. The Morgan fingerprint density at radius 1 is 1.39 bits per heavy atom. The van der Waals surface area contributed by atoms with Crippen molar-refractivity contribution in [2.24, 2.45) is 0 Å². The number of aromatic amines is 1. The number of aromatic carboxylic acids is 1. The zero-order valence-corrected chi connectivity index (χ0v) is 12.9. The number of carboxylic acid groups (broad SMARTS) is 1. The number of rotatable bonds is 4. The number of aliphatic hydroxyl groups excluding tert-OH is 1. The van der Waals surface area contributed by atoms with Gasteiger partial charge in [-0.2, -0.15) is 0 Å². The Morgan fingerprint density at radius 2 is 2.17 bits per heavy atom. The van der Waals surface area contributed by atoms with Crippen molar-refractivity contribution in [2.45, 2.75) is 44.8 Å². The molecular weight excluding hydrogens is 296 g/mol. The number of hydrogen-bond acceptors (Lipinski definition) is 5. The Hall–Kier alpha value is -2.41. The van der Waals surface area contributed by atoms with Gasteiger partial charge >= 0.3 is 5.97 Å². The first-order valence-corrected chi connectivity index (χ1v) is 7.75. The lowest BCUT2D eigenvalue weighted by molar-refractivity contribution is 0.0691. The largest absolute Gasteiger partial charge is 0.477 e. The van der Waals surface area contributed by atoms with Crippen LogP contribution < -0.4 is 5.32 Å². The first kappa shape index (κ1) is 15.5. The van der Waals surface area contributed by atoms with Gasteiger partial charge in [0.25, 0.3) is 0 Å². The summed E-state index contributed by atoms with van der Waals surface area (Å²) in [6, 6.07) is 1.51. The quantitative estimate of drug-likeness (QED) is 0.688. The van der Waals surface area contributed by atoms with Crippen LogP contribution in [0.25, 0.3) is 11.3 Å². The van der Waals surface area contributed by atoms with Gasteiger partial charge in [-0.3, -0.25) is 0 Å². The number of nitrogens with zero attached hydrogens (tertiary/aromatic N) is 2. The van der Waals surface area contributed by atoms with Gasteiger partial charge in [-0.15, -0.1) is 0 Å². The third-order valence-electron chi connectivity index (χ3n) is 4.20. The second kappa shape index (κ2) is 6.37. The predicted molar refractivity (Wildman–Crippen MR) is 85.4 cm³/mol. The molecule has 23 heavy (non-hydrogen) atoms. The molecule has 1 fully saturated rings. The van der Waals surface area contributed by atoms with Crippen LogP contribution in [0, 0.1) is 6.92 Å². The third kappa shape index (κ3) is 3.34. The maximum absolute atomic E-state index is 11.0. The molecule has 0 radical (unpaired) electrons. The normalized spacial score (nSPS) is 21.1. The van der Waals surface area contributed by atoms with Gasteiger partial charge in [-0.1, -0.05) is 12.8 Å². The highest BCUT2D eigenvalue weighted by molar-refractivity contribution is 5.87. The minimum absolute atomic E-state index is 0.0416. The number of carboxylic acids is 1. The summed E-state index contributed by atoms with van der Waals surface area (Å²) in [7, 11) is 0. The van der Waals surface area contributed by atoms with Crippen LogP contribution in [0.3, 0.4) is 0 Å². The summed E-state index contributed by atoms with van der Waals surface area (Å²) in [5.41, 5.74) is 2.36. The van der Waals surface area contributed by atoms with E-state index < -0.39 is 5.97 Å². The highest BCUT2D eigenvalue weighted by Crippen LogP contribution is 2.25. The average Bonchev–Trinajstić information content (AvgIpc) is 3.01. The maximum atomic E-state index is 11.0. The molecule has 0 amide bonds. The minimum Gasteiger partial charge on any atom is -0.477 e. The van der Waals surface area contributed by atoms with Gasteiger partial charge in [0.1, 0.15) is 5.69 Å². The molecule has 2 aromatic rings. The van der Waals surface area contributed by atoms with E-state index in [1.165, 1.54) is 0 Å². The molecule has 1 aliphatic carbocycles. The number of carbonyl (C=O) groups is 1. The first-order valence-electron chi connectivity index (χ1n) is 7.75. The van der Waals surface area contributed by atoms with Gasteiger partial charge in [0.05, 0.1) is 17.8 Å². The second-order valence-corrected chi connectivity index (χ2v) is 5.94. The lowest BCUT2D eigenvalue weighted by Crippen LogP contribution is -2.36. The Morgan fingerprint density at radius 3 is 2.87 bits per heavy atom. The molecule has 7 heteroatoms. The molecule has 1 saturated carbocycles. The zero-order chi connectivity index (χ0) is 16.4. The second-order valence-electron chi connectivity index (χ2n) is 5.94. The number of H-pyrrole nitrogens is 1. The summed E-state index contributed by atoms with van der Waals surface area (Å²) < 4.78 is 0. The van der Waals surface area contributed by atoms with E-state index in [1.54, 1.807) is 18.5 Å². The summed E-state index contributed by atoms with van der Waals surface area (Å²) in [5.74, 6) is -0.554. The number of aromatic nitrogens is 3. The molecule has 0 spiro atoms. The zero-order valence-electron chi connectivity index (χ0n) is 12.9. The maximum Gasteiger partial charge on any atom is 0.352 e. The van der Waals surface area contributed by atoms with E-state index in [0.717, 1.165) is 31.2 Å². The SMILES string of the molecule is Cc1cnc(NC2CCCCC2O)nc1-c1c[nH]c(C(=O)O)c1. The fraction of sp³-hybridized carbons (Fsp3) is 0.438. The Bertz CT molecular complexity index is 713. The van der Waals surface area contributed by atoms with Gasteiger partial charge in [0, 0.05) is 18.0 Å². The van der Waals surface area contributed by atoms with Crippen molar-refractivity contribution < 1.29 is 15.0 Å². The van der Waals surface area contributed by atoms with E-state index in [9.17, 15) is 9.90 Å². The van der Waals surface area contributed by atoms with Crippen molar-refractivity contribution in [1.82, 2.24) is 15.0 Å². The van der Waals surface area contributed by atoms with Crippen molar-refractivity contribution in [1.29, 1.82) is 0 Å². The number of anilines is 1. The molecule has 1 aliphatic rings. The van der Waals surface area contributed by atoms with Crippen LogP contribution in [0.1, 0.15) is 41.7 Å². The summed E-state index contributed by atoms with van der Waals surface area (Å²) >= 11 is 0. The fourth-order valence-corrected chi connectivity index (χ4v) is 2.90. The molecule has 122 valence electrons. The highest BCUT2D eigenvalue weighted by Gasteiger charge is 2.23. The van der Waals surface area contributed by atoms with Crippen molar-refractivity contribution in [2.75, 3.05) is 5.32 Å². The van der Waals surface area contributed by atoms with E-state index in [0.29, 0.717) is 17.2 Å². The molecule has 2 aromatic heterocycles. The molecule has 3 rings (SSSR count). The van der Waals surface area contributed by atoms with Gasteiger partial charge in [0.15, 0.2) is 0 Å². The van der Waals surface area contributed by atoms with Crippen LogP contribution in [-0.2, 0) is 0 Å². The van der Waals surface area contributed by atoms with Crippen LogP contribution in [0.15, 0.2) is 18.5 Å². The van der Waals surface area contributed by atoms with Crippen LogP contribution in [-0.4, -0.2) is 43.3 Å². The molecule has 2 unspecified atom stereocenters. The van der Waals surface area contributed by atoms with E-state index in [1.807, 2.05) is 6.92 Å². The van der Waals surface area contributed by atoms with E-state index in [2.05, 4.69) is 20.3 Å². The van der Waals surface area contributed by atoms with Crippen molar-refractivity contribution in [3.8, 4) is 11.3 Å². The monoisotopic (exact) mass is 316 g/mol. The summed E-state index contributed by atoms with van der Waals surface area (Å²) in [4.78, 5) is 22.5. The van der Waals surface area contributed by atoms with Gasteiger partial charge in [-0.25, -0.2) is 14.8 Å². The van der Waals surface area contributed by atoms with Crippen LogP contribution in [0.2, 0.25) is 0 Å². The molecule has 0 saturated heterocycles. The van der Waals surface area contributed by atoms with Gasteiger partial charge < -0.3 is 20.5 Å². The summed E-state index contributed by atoms with van der Waals surface area (Å²) in [6.45, 7) is 1.88. The lowest BCUT2D eigenvalue weighted by atomic mass is 9.93. The molecule has 2 atom stereocenters. The van der Waals surface area contributed by atoms with Crippen LogP contribution in [0.5, 0.6) is 0 Å². The molecule has 4 N–H and O–H groups in total. The van der Waals surface area contributed by atoms with Gasteiger partial charge in [0.2, 0.25) is 5.95 Å². The van der Waals surface area contributed by atoms with Crippen molar-refractivity contribution in [3.63, 3.8) is 0 Å². The summed E-state index contributed by atoms with van der Waals surface area (Å²) in [6.07, 6.45) is 6.74. The van der Waals surface area contributed by atoms with E-state index >= 15 is 0 Å². The molecule has 0 aromatic carbocycles. The smallest absolute Gasteiger partial charge is 0.352 e.